The molecule has 0 aliphatic carbocycles. The van der Waals surface area contributed by atoms with Crippen LogP contribution in [0.15, 0.2) is 30.3 Å². The van der Waals surface area contributed by atoms with Crippen molar-refractivity contribution in [3.63, 3.8) is 0 Å². The topological polar surface area (TPSA) is 109 Å². The van der Waals surface area contributed by atoms with Gasteiger partial charge in [-0.3, -0.25) is 4.79 Å². The zero-order valence-electron chi connectivity index (χ0n) is 16.6. The fraction of sp³-hybridized carbons (Fsp3) is 0.368. The van der Waals surface area contributed by atoms with Crippen molar-refractivity contribution in [1.82, 2.24) is 15.3 Å². The van der Waals surface area contributed by atoms with Crippen molar-refractivity contribution in [1.29, 1.82) is 0 Å². The fourth-order valence-corrected chi connectivity index (χ4v) is 2.81. The van der Waals surface area contributed by atoms with Crippen molar-refractivity contribution >= 4 is 23.6 Å². The number of nitrogens with zero attached hydrogens (tertiary/aromatic N) is 2. The Morgan fingerprint density at radius 3 is 2.34 bits per heavy atom. The lowest BCUT2D eigenvalue weighted by molar-refractivity contribution is -0.142. The monoisotopic (exact) mass is 421 g/mol. The summed E-state index contributed by atoms with van der Waals surface area (Å²) in [6.45, 7) is 0. The summed E-state index contributed by atoms with van der Waals surface area (Å²) in [6, 6.07) is 7.25. The number of methoxy groups -OCH3 is 3. The van der Waals surface area contributed by atoms with Gasteiger partial charge in [0, 0.05) is 0 Å². The van der Waals surface area contributed by atoms with Gasteiger partial charge in [0.15, 0.2) is 0 Å². The summed E-state index contributed by atoms with van der Waals surface area (Å²) in [6.07, 6.45) is 2.36. The smallest absolute Gasteiger partial charge is 0.328 e. The van der Waals surface area contributed by atoms with E-state index in [1.807, 2.05) is 6.26 Å². The molecule has 1 unspecified atom stereocenters. The number of benzene rings is 1. The minimum Gasteiger partial charge on any atom is -0.481 e. The van der Waals surface area contributed by atoms with Gasteiger partial charge in [-0.15, -0.1) is 0 Å². The number of hydrogen-bond donors (Lipinski definition) is 1. The SMILES string of the molecule is COC(=O)C(CCSC)NC(=O)c1ccccc1Oc1nc(OC)cc(OC)n1. The van der Waals surface area contributed by atoms with Gasteiger partial charge in [-0.2, -0.15) is 21.7 Å². The van der Waals surface area contributed by atoms with E-state index in [2.05, 4.69) is 15.3 Å². The lowest BCUT2D eigenvalue weighted by Gasteiger charge is -2.17. The minimum absolute atomic E-state index is 0.0478. The van der Waals surface area contributed by atoms with E-state index in [1.54, 1.807) is 36.0 Å². The van der Waals surface area contributed by atoms with Gasteiger partial charge in [-0.1, -0.05) is 12.1 Å². The highest BCUT2D eigenvalue weighted by molar-refractivity contribution is 7.98. The first-order valence-electron chi connectivity index (χ1n) is 8.64. The molecule has 1 aromatic heterocycles. The van der Waals surface area contributed by atoms with Gasteiger partial charge in [0.05, 0.1) is 33.0 Å². The molecule has 0 saturated carbocycles. The van der Waals surface area contributed by atoms with E-state index in [0.717, 1.165) is 0 Å². The normalized spacial score (nSPS) is 11.3. The molecule has 29 heavy (non-hydrogen) atoms. The van der Waals surface area contributed by atoms with E-state index in [4.69, 9.17) is 18.9 Å². The van der Waals surface area contributed by atoms with Crippen LogP contribution in [0.25, 0.3) is 0 Å². The Morgan fingerprint density at radius 1 is 1.10 bits per heavy atom. The van der Waals surface area contributed by atoms with Gasteiger partial charge in [-0.25, -0.2) is 4.79 Å². The van der Waals surface area contributed by atoms with Gasteiger partial charge in [0.1, 0.15) is 11.8 Å². The molecular weight excluding hydrogens is 398 g/mol. The van der Waals surface area contributed by atoms with Gasteiger partial charge >= 0.3 is 12.0 Å². The van der Waals surface area contributed by atoms with Crippen LogP contribution in [0.2, 0.25) is 0 Å². The maximum absolute atomic E-state index is 12.8. The molecule has 1 aromatic carbocycles. The summed E-state index contributed by atoms with van der Waals surface area (Å²) >= 11 is 1.57. The van der Waals surface area contributed by atoms with E-state index in [1.165, 1.54) is 27.4 Å². The summed E-state index contributed by atoms with van der Waals surface area (Å²) in [7, 11) is 4.19. The molecule has 0 bridgehead atoms. The number of aromatic nitrogens is 2. The Labute approximate surface area is 173 Å². The second-order valence-corrected chi connectivity index (χ2v) is 6.65. The molecule has 1 amide bonds. The van der Waals surface area contributed by atoms with Crippen LogP contribution in [0.5, 0.6) is 23.5 Å². The van der Waals surface area contributed by atoms with E-state index in [9.17, 15) is 9.59 Å². The summed E-state index contributed by atoms with van der Waals surface area (Å²) in [5.74, 6) is 0.413. The summed E-state index contributed by atoms with van der Waals surface area (Å²) in [5.41, 5.74) is 0.218. The average molecular weight is 421 g/mol. The molecule has 0 aliphatic rings. The van der Waals surface area contributed by atoms with Crippen molar-refractivity contribution in [2.45, 2.75) is 12.5 Å². The van der Waals surface area contributed by atoms with Crippen LogP contribution in [0, 0.1) is 0 Å². The fourth-order valence-electron chi connectivity index (χ4n) is 2.34. The molecule has 0 aliphatic heterocycles. The number of hydrogen-bond acceptors (Lipinski definition) is 9. The Kier molecular flexibility index (Phi) is 8.53. The Hall–Kier alpha value is -3.01. The Balaban J connectivity index is 2.25. The first kappa shape index (κ1) is 22.3. The molecule has 10 heteroatoms. The van der Waals surface area contributed by atoms with Crippen LogP contribution < -0.4 is 19.5 Å². The zero-order chi connectivity index (χ0) is 21.2. The van der Waals surface area contributed by atoms with Crippen molar-refractivity contribution < 1.29 is 28.5 Å². The van der Waals surface area contributed by atoms with Crippen LogP contribution in [-0.4, -0.2) is 61.2 Å². The molecule has 1 heterocycles. The van der Waals surface area contributed by atoms with Gasteiger partial charge < -0.3 is 24.3 Å². The highest BCUT2D eigenvalue weighted by atomic mass is 32.2. The molecule has 0 fully saturated rings. The van der Waals surface area contributed by atoms with E-state index in [0.29, 0.717) is 12.2 Å². The average Bonchev–Trinajstić information content (AvgIpc) is 2.75. The van der Waals surface area contributed by atoms with Crippen LogP contribution in [0.3, 0.4) is 0 Å². The predicted molar refractivity (Wildman–Crippen MR) is 108 cm³/mol. The molecule has 2 aromatic rings. The maximum atomic E-state index is 12.8. The first-order valence-corrected chi connectivity index (χ1v) is 10.0. The highest BCUT2D eigenvalue weighted by Crippen LogP contribution is 2.26. The first-order chi connectivity index (χ1) is 14.0. The quantitative estimate of drug-likeness (QED) is 0.578. The number of para-hydroxylation sites is 1. The molecule has 0 saturated heterocycles. The largest absolute Gasteiger partial charge is 0.481 e. The second-order valence-electron chi connectivity index (χ2n) is 5.66. The van der Waals surface area contributed by atoms with E-state index < -0.39 is 17.9 Å². The van der Waals surface area contributed by atoms with Crippen LogP contribution in [0.4, 0.5) is 0 Å². The zero-order valence-corrected chi connectivity index (χ0v) is 17.4. The molecule has 9 nitrogen and oxygen atoms in total. The van der Waals surface area contributed by atoms with Crippen molar-refractivity contribution in [2.24, 2.45) is 0 Å². The van der Waals surface area contributed by atoms with E-state index >= 15 is 0 Å². The van der Waals surface area contributed by atoms with Crippen molar-refractivity contribution in [3.05, 3.63) is 35.9 Å². The van der Waals surface area contributed by atoms with Crippen molar-refractivity contribution in [2.75, 3.05) is 33.3 Å². The molecule has 1 N–H and O–H groups in total. The predicted octanol–water partition coefficient (Wildman–Crippen LogP) is 2.31. The third-order valence-electron chi connectivity index (χ3n) is 3.81. The van der Waals surface area contributed by atoms with Crippen LogP contribution in [-0.2, 0) is 9.53 Å². The Morgan fingerprint density at radius 2 is 1.76 bits per heavy atom. The summed E-state index contributed by atoms with van der Waals surface area (Å²) in [4.78, 5) is 33.0. The van der Waals surface area contributed by atoms with Crippen LogP contribution >= 0.6 is 11.8 Å². The summed E-state index contributed by atoms with van der Waals surface area (Å²) in [5, 5.41) is 2.69. The standard InChI is InChI=1S/C19H23N3O6S/c1-25-15-11-16(26-2)22-19(21-15)28-14-8-6-5-7-12(14)17(23)20-13(9-10-29-4)18(24)27-3/h5-8,11,13H,9-10H2,1-4H3,(H,20,23). The number of ether oxygens (including phenoxy) is 4. The number of carbonyl (C=O) groups excluding carboxylic acids is 2. The minimum atomic E-state index is -0.763. The number of carbonyl (C=O) groups is 2. The lowest BCUT2D eigenvalue weighted by Crippen LogP contribution is -2.42. The second kappa shape index (κ2) is 11.1. The number of thioether (sulfide) groups is 1. The van der Waals surface area contributed by atoms with Gasteiger partial charge in [-0.05, 0) is 30.6 Å². The number of rotatable bonds is 10. The third-order valence-corrected chi connectivity index (χ3v) is 4.46. The maximum Gasteiger partial charge on any atom is 0.328 e. The molecule has 156 valence electrons. The lowest BCUT2D eigenvalue weighted by atomic mass is 10.1. The van der Waals surface area contributed by atoms with Crippen molar-refractivity contribution in [3.8, 4) is 23.5 Å². The molecule has 2 rings (SSSR count). The molecule has 0 radical (unpaired) electrons. The molecular formula is C19H23N3O6S. The summed E-state index contributed by atoms with van der Waals surface area (Å²) < 4.78 is 20.7. The Bertz CT molecular complexity index is 826. The van der Waals surface area contributed by atoms with Gasteiger partial charge in [0.25, 0.3) is 5.91 Å². The number of esters is 1. The van der Waals surface area contributed by atoms with Gasteiger partial charge in [0.2, 0.25) is 11.8 Å². The van der Waals surface area contributed by atoms with Crippen LogP contribution in [0.1, 0.15) is 16.8 Å². The van der Waals surface area contributed by atoms with E-state index in [-0.39, 0.29) is 29.1 Å². The highest BCUT2D eigenvalue weighted by Gasteiger charge is 2.23. The third kappa shape index (κ3) is 6.24. The number of amides is 1. The number of nitrogens with one attached hydrogen (secondary N) is 1. The molecule has 0 spiro atoms. The molecule has 1 atom stereocenters.